The number of hydrogen-bond acceptors (Lipinski definition) is 4. The number of rotatable bonds is 2. The van der Waals surface area contributed by atoms with E-state index in [-0.39, 0.29) is 6.04 Å². The van der Waals surface area contributed by atoms with Crippen molar-refractivity contribution in [2.45, 2.75) is 6.04 Å². The fraction of sp³-hybridized carbons (Fsp3) is 0.778. The van der Waals surface area contributed by atoms with Gasteiger partial charge in [0.15, 0.2) is 0 Å². The minimum Gasteiger partial charge on any atom is -0.381 e. The number of aromatic nitrogens is 3. The van der Waals surface area contributed by atoms with Crippen LogP contribution < -0.4 is 5.73 Å². The molecule has 1 aliphatic carbocycles. The van der Waals surface area contributed by atoms with Gasteiger partial charge in [0, 0.05) is 7.05 Å². The van der Waals surface area contributed by atoms with Crippen LogP contribution in [0.15, 0.2) is 6.20 Å². The van der Waals surface area contributed by atoms with Crippen LogP contribution in [-0.4, -0.2) is 28.2 Å². The summed E-state index contributed by atoms with van der Waals surface area (Å²) in [5, 5.41) is 8.27. The van der Waals surface area contributed by atoms with Gasteiger partial charge in [0.2, 0.25) is 0 Å². The second kappa shape index (κ2) is 2.77. The van der Waals surface area contributed by atoms with Crippen molar-refractivity contribution in [1.82, 2.24) is 15.0 Å². The molecule has 0 bridgehead atoms. The van der Waals surface area contributed by atoms with Crippen molar-refractivity contribution in [3.8, 4) is 0 Å². The van der Waals surface area contributed by atoms with E-state index in [0.717, 1.165) is 18.9 Å². The highest BCUT2D eigenvalue weighted by Gasteiger charge is 2.57. The Morgan fingerprint density at radius 1 is 1.57 bits per heavy atom. The van der Waals surface area contributed by atoms with Crippen molar-refractivity contribution < 1.29 is 4.74 Å². The highest BCUT2D eigenvalue weighted by molar-refractivity contribution is 5.12. The van der Waals surface area contributed by atoms with Crippen molar-refractivity contribution in [2.75, 3.05) is 13.2 Å². The summed E-state index contributed by atoms with van der Waals surface area (Å²) in [6.45, 7) is 1.76. The average Bonchev–Trinajstić information content (AvgIpc) is 2.56. The second-order valence-electron chi connectivity index (χ2n) is 4.23. The molecule has 14 heavy (non-hydrogen) atoms. The Bertz CT molecular complexity index is 340. The molecule has 1 aromatic rings. The zero-order valence-electron chi connectivity index (χ0n) is 8.13. The first-order chi connectivity index (χ1) is 6.77. The van der Waals surface area contributed by atoms with Gasteiger partial charge < -0.3 is 10.5 Å². The van der Waals surface area contributed by atoms with Gasteiger partial charge in [0.25, 0.3) is 0 Å². The van der Waals surface area contributed by atoms with Gasteiger partial charge in [-0.25, -0.2) is 0 Å². The Morgan fingerprint density at radius 2 is 2.29 bits per heavy atom. The summed E-state index contributed by atoms with van der Waals surface area (Å²) in [5.41, 5.74) is 7.04. The molecule has 3 rings (SSSR count). The van der Waals surface area contributed by atoms with Crippen LogP contribution in [0.4, 0.5) is 0 Å². The fourth-order valence-corrected chi connectivity index (χ4v) is 2.53. The number of hydrogen-bond donors (Lipinski definition) is 1. The molecule has 0 spiro atoms. The molecule has 2 aliphatic rings. The van der Waals surface area contributed by atoms with E-state index in [9.17, 15) is 0 Å². The summed E-state index contributed by atoms with van der Waals surface area (Å²) in [5.74, 6) is 1.92. The Balaban J connectivity index is 1.75. The molecule has 3 atom stereocenters. The topological polar surface area (TPSA) is 66.0 Å². The normalized spacial score (nSPS) is 36.9. The molecule has 0 amide bonds. The lowest BCUT2D eigenvalue weighted by Crippen LogP contribution is -2.18. The molecule has 1 saturated carbocycles. The molecule has 1 saturated heterocycles. The molecule has 5 heteroatoms. The molecular weight excluding hydrogens is 180 g/mol. The molecular formula is C9H14N4O. The first-order valence-electron chi connectivity index (χ1n) is 4.97. The van der Waals surface area contributed by atoms with Crippen LogP contribution in [0.5, 0.6) is 0 Å². The Hall–Kier alpha value is -0.940. The summed E-state index contributed by atoms with van der Waals surface area (Å²) in [6, 6.07) is 0.0441. The Kier molecular flexibility index (Phi) is 1.66. The van der Waals surface area contributed by atoms with Crippen LogP contribution in [0.3, 0.4) is 0 Å². The maximum absolute atomic E-state index is 6.13. The monoisotopic (exact) mass is 194 g/mol. The molecule has 2 fully saturated rings. The third-order valence-electron chi connectivity index (χ3n) is 3.39. The van der Waals surface area contributed by atoms with E-state index in [4.69, 9.17) is 10.5 Å². The lowest BCUT2D eigenvalue weighted by atomic mass is 10.1. The summed E-state index contributed by atoms with van der Waals surface area (Å²) < 4.78 is 5.33. The molecule has 5 nitrogen and oxygen atoms in total. The fourth-order valence-electron chi connectivity index (χ4n) is 2.53. The number of ether oxygens (including phenoxy) is 1. The van der Waals surface area contributed by atoms with Crippen molar-refractivity contribution in [2.24, 2.45) is 30.5 Å². The van der Waals surface area contributed by atoms with Gasteiger partial charge in [0.05, 0.1) is 31.1 Å². The summed E-state index contributed by atoms with van der Waals surface area (Å²) in [4.78, 5) is 1.56. The molecule has 2 N–H and O–H groups in total. The summed E-state index contributed by atoms with van der Waals surface area (Å²) in [7, 11) is 1.81. The largest absolute Gasteiger partial charge is 0.381 e. The van der Waals surface area contributed by atoms with E-state index in [1.54, 1.807) is 11.0 Å². The van der Waals surface area contributed by atoms with Gasteiger partial charge in [-0.1, -0.05) is 0 Å². The predicted molar refractivity (Wildman–Crippen MR) is 49.2 cm³/mol. The van der Waals surface area contributed by atoms with Crippen LogP contribution in [0, 0.1) is 17.8 Å². The summed E-state index contributed by atoms with van der Waals surface area (Å²) >= 11 is 0. The first-order valence-corrected chi connectivity index (χ1v) is 4.97. The second-order valence-corrected chi connectivity index (χ2v) is 4.23. The number of fused-ring (bicyclic) bond motifs is 1. The summed E-state index contributed by atoms with van der Waals surface area (Å²) in [6.07, 6.45) is 1.76. The number of nitrogens with zero attached hydrogens (tertiary/aromatic N) is 3. The van der Waals surface area contributed by atoms with Crippen LogP contribution in [0.2, 0.25) is 0 Å². The van der Waals surface area contributed by atoms with Gasteiger partial charge >= 0.3 is 0 Å². The van der Waals surface area contributed by atoms with Gasteiger partial charge in [-0.3, -0.25) is 0 Å². The zero-order chi connectivity index (χ0) is 9.71. The molecule has 3 unspecified atom stereocenters. The van der Waals surface area contributed by atoms with Crippen molar-refractivity contribution in [1.29, 1.82) is 0 Å². The minimum absolute atomic E-state index is 0.0441. The van der Waals surface area contributed by atoms with E-state index in [2.05, 4.69) is 10.2 Å². The highest BCUT2D eigenvalue weighted by Crippen LogP contribution is 2.55. The molecule has 0 radical (unpaired) electrons. The standard InChI is InChI=1S/C9H14N4O/c1-13-11-2-7(12-13)9(10)8-5-3-14-4-6(5)8/h2,5-6,8-9H,3-4,10H2,1H3. The van der Waals surface area contributed by atoms with Gasteiger partial charge in [-0.2, -0.15) is 15.0 Å². The average molecular weight is 194 g/mol. The van der Waals surface area contributed by atoms with Crippen LogP contribution in [-0.2, 0) is 11.8 Å². The first kappa shape index (κ1) is 8.38. The third kappa shape index (κ3) is 1.09. The van der Waals surface area contributed by atoms with Crippen LogP contribution in [0.1, 0.15) is 11.7 Å². The van der Waals surface area contributed by atoms with E-state index < -0.39 is 0 Å². The van der Waals surface area contributed by atoms with E-state index in [1.807, 2.05) is 7.05 Å². The molecule has 2 heterocycles. The van der Waals surface area contributed by atoms with Crippen molar-refractivity contribution >= 4 is 0 Å². The lowest BCUT2D eigenvalue weighted by molar-refractivity contribution is 0.146. The Labute approximate surface area is 82.2 Å². The van der Waals surface area contributed by atoms with E-state index in [1.165, 1.54) is 0 Å². The SMILES string of the molecule is Cn1ncc(C(N)C2C3COCC32)n1. The van der Waals surface area contributed by atoms with Crippen molar-refractivity contribution in [3.63, 3.8) is 0 Å². The zero-order valence-corrected chi connectivity index (χ0v) is 8.13. The van der Waals surface area contributed by atoms with Crippen LogP contribution in [0.25, 0.3) is 0 Å². The number of nitrogens with two attached hydrogens (primary N) is 1. The van der Waals surface area contributed by atoms with Crippen LogP contribution >= 0.6 is 0 Å². The smallest absolute Gasteiger partial charge is 0.0997 e. The lowest BCUT2D eigenvalue weighted by Gasteiger charge is -2.10. The Morgan fingerprint density at radius 3 is 2.86 bits per heavy atom. The molecule has 76 valence electrons. The minimum atomic E-state index is 0.0441. The highest BCUT2D eigenvalue weighted by atomic mass is 16.5. The maximum atomic E-state index is 6.13. The third-order valence-corrected chi connectivity index (χ3v) is 3.39. The number of aryl methyl sites for hydroxylation is 1. The maximum Gasteiger partial charge on any atom is 0.0997 e. The molecule has 1 aliphatic heterocycles. The predicted octanol–water partition coefficient (Wildman–Crippen LogP) is -0.293. The molecule has 1 aromatic heterocycles. The van der Waals surface area contributed by atoms with E-state index in [0.29, 0.717) is 17.8 Å². The van der Waals surface area contributed by atoms with Gasteiger partial charge in [-0.15, -0.1) is 0 Å². The van der Waals surface area contributed by atoms with Gasteiger partial charge in [0.1, 0.15) is 0 Å². The van der Waals surface area contributed by atoms with E-state index >= 15 is 0 Å². The van der Waals surface area contributed by atoms with Crippen molar-refractivity contribution in [3.05, 3.63) is 11.9 Å². The quantitative estimate of drug-likeness (QED) is 0.702. The van der Waals surface area contributed by atoms with Gasteiger partial charge in [-0.05, 0) is 17.8 Å². The molecule has 0 aromatic carbocycles.